The van der Waals surface area contributed by atoms with Gasteiger partial charge in [0.1, 0.15) is 5.82 Å². The van der Waals surface area contributed by atoms with Crippen LogP contribution in [0.2, 0.25) is 5.02 Å². The lowest BCUT2D eigenvalue weighted by Crippen LogP contribution is -2.23. The van der Waals surface area contributed by atoms with Crippen LogP contribution in [0.4, 0.5) is 5.69 Å². The van der Waals surface area contributed by atoms with E-state index in [1.54, 1.807) is 30.5 Å². The predicted octanol–water partition coefficient (Wildman–Crippen LogP) is 4.72. The Labute approximate surface area is 182 Å². The van der Waals surface area contributed by atoms with Gasteiger partial charge in [-0.3, -0.25) is 4.79 Å². The van der Waals surface area contributed by atoms with Gasteiger partial charge in [0.05, 0.1) is 11.3 Å². The highest BCUT2D eigenvalue weighted by Gasteiger charge is 2.26. The van der Waals surface area contributed by atoms with Crippen molar-refractivity contribution in [2.75, 3.05) is 25.0 Å². The van der Waals surface area contributed by atoms with Crippen molar-refractivity contribution < 1.29 is 4.79 Å². The maximum absolute atomic E-state index is 12.6. The number of aromatic nitrogens is 2. The molecule has 0 spiro atoms. The maximum atomic E-state index is 12.6. The molecule has 0 saturated carbocycles. The number of benzene rings is 2. The van der Waals surface area contributed by atoms with Crippen molar-refractivity contribution in [3.63, 3.8) is 0 Å². The molecule has 0 bridgehead atoms. The lowest BCUT2D eigenvalue weighted by atomic mass is 10.1. The van der Waals surface area contributed by atoms with Gasteiger partial charge in [0.15, 0.2) is 0 Å². The Morgan fingerprint density at radius 1 is 1.17 bits per heavy atom. The number of rotatable bonds is 6. The van der Waals surface area contributed by atoms with Crippen molar-refractivity contribution in [1.29, 1.82) is 0 Å². The van der Waals surface area contributed by atoms with Crippen LogP contribution in [-0.4, -0.2) is 40.4 Å². The van der Waals surface area contributed by atoms with E-state index in [9.17, 15) is 4.79 Å². The van der Waals surface area contributed by atoms with Crippen LogP contribution in [0.15, 0.2) is 60.8 Å². The van der Waals surface area contributed by atoms with E-state index in [0.29, 0.717) is 27.9 Å². The first-order chi connectivity index (χ1) is 14.6. The SMILES string of the molecule is Cc1nc(C2CCN(CCc3ccccc3)C2)ncc1C(=O)Nc1ccc(Cl)cc1. The number of hydrogen-bond acceptors (Lipinski definition) is 4. The number of amides is 1. The highest BCUT2D eigenvalue weighted by atomic mass is 35.5. The summed E-state index contributed by atoms with van der Waals surface area (Å²) in [6, 6.07) is 17.6. The van der Waals surface area contributed by atoms with Crippen molar-refractivity contribution >= 4 is 23.2 Å². The summed E-state index contributed by atoms with van der Waals surface area (Å²) >= 11 is 5.90. The third kappa shape index (κ3) is 5.04. The second kappa shape index (κ2) is 9.37. The van der Waals surface area contributed by atoms with Crippen LogP contribution in [0, 0.1) is 6.92 Å². The number of carbonyl (C=O) groups is 1. The van der Waals surface area contributed by atoms with E-state index < -0.39 is 0 Å². The minimum Gasteiger partial charge on any atom is -0.322 e. The van der Waals surface area contributed by atoms with Crippen LogP contribution in [0.3, 0.4) is 0 Å². The fourth-order valence-corrected chi connectivity index (χ4v) is 3.94. The molecule has 1 fully saturated rings. The predicted molar refractivity (Wildman–Crippen MR) is 120 cm³/mol. The standard InChI is InChI=1S/C24H25ClN4O/c1-17-22(24(30)28-21-9-7-20(25)8-10-21)15-26-23(27-17)19-12-14-29(16-19)13-11-18-5-3-2-4-6-18/h2-10,15,19H,11-14,16H2,1H3,(H,28,30). The number of hydrogen-bond donors (Lipinski definition) is 1. The van der Waals surface area contributed by atoms with Crippen LogP contribution in [0.5, 0.6) is 0 Å². The van der Waals surface area contributed by atoms with Gasteiger partial charge in [0.2, 0.25) is 0 Å². The minimum absolute atomic E-state index is 0.211. The molecule has 1 N–H and O–H groups in total. The van der Waals surface area contributed by atoms with Gasteiger partial charge in [-0.2, -0.15) is 0 Å². The molecule has 2 heterocycles. The smallest absolute Gasteiger partial charge is 0.259 e. The topological polar surface area (TPSA) is 58.1 Å². The largest absolute Gasteiger partial charge is 0.322 e. The number of halogens is 1. The van der Waals surface area contributed by atoms with E-state index in [2.05, 4.69) is 50.5 Å². The monoisotopic (exact) mass is 420 g/mol. The first-order valence-corrected chi connectivity index (χ1v) is 10.6. The van der Waals surface area contributed by atoms with Crippen LogP contribution in [0.1, 0.15) is 39.8 Å². The molecule has 1 amide bonds. The van der Waals surface area contributed by atoms with Crippen molar-refractivity contribution in [2.45, 2.75) is 25.7 Å². The summed E-state index contributed by atoms with van der Waals surface area (Å²) < 4.78 is 0. The molecular formula is C24H25ClN4O. The fraction of sp³-hybridized carbons (Fsp3) is 0.292. The Bertz CT molecular complexity index is 1010. The summed E-state index contributed by atoms with van der Waals surface area (Å²) in [5.41, 5.74) is 3.25. The van der Waals surface area contributed by atoms with E-state index in [4.69, 9.17) is 11.6 Å². The first kappa shape index (κ1) is 20.5. The van der Waals surface area contributed by atoms with E-state index in [0.717, 1.165) is 38.3 Å². The molecule has 154 valence electrons. The van der Waals surface area contributed by atoms with E-state index in [-0.39, 0.29) is 5.91 Å². The molecule has 3 aromatic rings. The van der Waals surface area contributed by atoms with Gasteiger partial charge in [-0.25, -0.2) is 9.97 Å². The molecule has 30 heavy (non-hydrogen) atoms. The molecule has 1 saturated heterocycles. The molecule has 1 aromatic heterocycles. The Kier molecular flexibility index (Phi) is 6.41. The second-order valence-corrected chi connectivity index (χ2v) is 8.15. The molecular weight excluding hydrogens is 396 g/mol. The molecule has 4 rings (SSSR count). The van der Waals surface area contributed by atoms with E-state index in [1.165, 1.54) is 5.56 Å². The maximum Gasteiger partial charge on any atom is 0.259 e. The van der Waals surface area contributed by atoms with E-state index >= 15 is 0 Å². The van der Waals surface area contributed by atoms with Crippen LogP contribution < -0.4 is 5.32 Å². The third-order valence-electron chi connectivity index (χ3n) is 5.54. The van der Waals surface area contributed by atoms with Crippen molar-refractivity contribution in [3.05, 3.63) is 88.5 Å². The summed E-state index contributed by atoms with van der Waals surface area (Å²) in [5, 5.41) is 3.50. The molecule has 1 atom stereocenters. The average Bonchev–Trinajstić information content (AvgIpc) is 3.23. The van der Waals surface area contributed by atoms with Gasteiger partial charge in [0.25, 0.3) is 5.91 Å². The Balaban J connectivity index is 1.36. The van der Waals surface area contributed by atoms with Crippen LogP contribution in [0.25, 0.3) is 0 Å². The minimum atomic E-state index is -0.211. The normalized spacial score (nSPS) is 16.5. The quantitative estimate of drug-likeness (QED) is 0.626. The van der Waals surface area contributed by atoms with Crippen molar-refractivity contribution in [3.8, 4) is 0 Å². The summed E-state index contributed by atoms with van der Waals surface area (Å²) in [6.07, 6.45) is 3.75. The second-order valence-electron chi connectivity index (χ2n) is 7.71. The van der Waals surface area contributed by atoms with Crippen LogP contribution in [-0.2, 0) is 6.42 Å². The molecule has 6 heteroatoms. The van der Waals surface area contributed by atoms with Gasteiger partial charge >= 0.3 is 0 Å². The van der Waals surface area contributed by atoms with Gasteiger partial charge in [-0.15, -0.1) is 0 Å². The number of likely N-dealkylation sites (tertiary alicyclic amines) is 1. The zero-order chi connectivity index (χ0) is 20.9. The lowest BCUT2D eigenvalue weighted by Gasteiger charge is -2.16. The van der Waals surface area contributed by atoms with Gasteiger partial charge in [-0.1, -0.05) is 41.9 Å². The molecule has 0 radical (unpaired) electrons. The molecule has 1 aliphatic heterocycles. The zero-order valence-corrected chi connectivity index (χ0v) is 17.8. The van der Waals surface area contributed by atoms with Gasteiger partial charge < -0.3 is 10.2 Å². The Morgan fingerprint density at radius 2 is 1.93 bits per heavy atom. The van der Waals surface area contributed by atoms with Gasteiger partial charge in [0, 0.05) is 35.9 Å². The lowest BCUT2D eigenvalue weighted by molar-refractivity contribution is 0.102. The highest BCUT2D eigenvalue weighted by molar-refractivity contribution is 6.30. The Morgan fingerprint density at radius 3 is 2.67 bits per heavy atom. The molecule has 5 nitrogen and oxygen atoms in total. The number of carbonyl (C=O) groups excluding carboxylic acids is 1. The van der Waals surface area contributed by atoms with Crippen LogP contribution >= 0.6 is 11.6 Å². The molecule has 1 aliphatic rings. The summed E-state index contributed by atoms with van der Waals surface area (Å²) in [6.45, 7) is 4.92. The number of nitrogens with zero attached hydrogens (tertiary/aromatic N) is 3. The molecule has 1 unspecified atom stereocenters. The highest BCUT2D eigenvalue weighted by Crippen LogP contribution is 2.25. The number of aryl methyl sites for hydroxylation is 1. The fourth-order valence-electron chi connectivity index (χ4n) is 3.81. The molecule has 0 aliphatic carbocycles. The van der Waals surface area contributed by atoms with Crippen molar-refractivity contribution in [2.24, 2.45) is 0 Å². The average molecular weight is 421 g/mol. The molecule has 2 aromatic carbocycles. The zero-order valence-electron chi connectivity index (χ0n) is 17.0. The number of nitrogens with one attached hydrogen (secondary N) is 1. The third-order valence-corrected chi connectivity index (χ3v) is 5.79. The summed E-state index contributed by atoms with van der Waals surface area (Å²) in [5.74, 6) is 0.933. The van der Waals surface area contributed by atoms with Gasteiger partial charge in [-0.05, 0) is 56.1 Å². The summed E-state index contributed by atoms with van der Waals surface area (Å²) in [7, 11) is 0. The number of anilines is 1. The first-order valence-electron chi connectivity index (χ1n) is 10.3. The van der Waals surface area contributed by atoms with E-state index in [1.807, 2.05) is 6.92 Å². The van der Waals surface area contributed by atoms with Crippen molar-refractivity contribution in [1.82, 2.24) is 14.9 Å². The summed E-state index contributed by atoms with van der Waals surface area (Å²) in [4.78, 5) is 24.3. The Hall–Kier alpha value is -2.76.